The molecule has 3 nitrogen and oxygen atoms in total. The number of benzene rings is 2. The lowest BCUT2D eigenvalue weighted by Gasteiger charge is -2.08. The van der Waals surface area contributed by atoms with E-state index in [0.717, 1.165) is 18.2 Å². The fourth-order valence-corrected chi connectivity index (χ4v) is 3.42. The zero-order valence-electron chi connectivity index (χ0n) is 10.8. The minimum atomic E-state index is -3.82. The van der Waals surface area contributed by atoms with Gasteiger partial charge in [0.2, 0.25) is 0 Å². The molecule has 0 bridgehead atoms. The predicted molar refractivity (Wildman–Crippen MR) is 76.6 cm³/mol. The monoisotopic (exact) mass is 331 g/mol. The van der Waals surface area contributed by atoms with Gasteiger partial charge in [-0.25, -0.2) is 17.2 Å². The molecule has 7 heteroatoms. The Hall–Kier alpha value is -1.50. The SMILES string of the molecule is NCc1ccc(CS(=O)(=O)c2ccc(F)c(Cl)c2)c(F)c1. The van der Waals surface area contributed by atoms with Crippen molar-refractivity contribution in [1.29, 1.82) is 0 Å². The van der Waals surface area contributed by atoms with Crippen LogP contribution in [0.1, 0.15) is 11.1 Å². The van der Waals surface area contributed by atoms with Crippen LogP contribution in [0.4, 0.5) is 8.78 Å². The first kappa shape index (κ1) is 15.9. The van der Waals surface area contributed by atoms with Crippen LogP contribution in [0.15, 0.2) is 41.3 Å². The number of halogens is 3. The van der Waals surface area contributed by atoms with Gasteiger partial charge < -0.3 is 5.73 Å². The van der Waals surface area contributed by atoms with E-state index in [1.807, 2.05) is 0 Å². The molecule has 0 radical (unpaired) electrons. The van der Waals surface area contributed by atoms with E-state index in [9.17, 15) is 17.2 Å². The average molecular weight is 332 g/mol. The van der Waals surface area contributed by atoms with Gasteiger partial charge in [0.25, 0.3) is 0 Å². The van der Waals surface area contributed by atoms with E-state index in [2.05, 4.69) is 0 Å². The summed E-state index contributed by atoms with van der Waals surface area (Å²) >= 11 is 5.57. The third kappa shape index (κ3) is 3.58. The van der Waals surface area contributed by atoms with E-state index in [4.69, 9.17) is 17.3 Å². The van der Waals surface area contributed by atoms with Gasteiger partial charge in [-0.1, -0.05) is 23.7 Å². The minimum absolute atomic E-state index is 0.0210. The van der Waals surface area contributed by atoms with Gasteiger partial charge in [0.05, 0.1) is 15.7 Å². The fourth-order valence-electron chi connectivity index (χ4n) is 1.79. The smallest absolute Gasteiger partial charge is 0.182 e. The molecule has 112 valence electrons. The van der Waals surface area contributed by atoms with Crippen LogP contribution in [0.5, 0.6) is 0 Å². The van der Waals surface area contributed by atoms with Crippen LogP contribution in [0.25, 0.3) is 0 Å². The summed E-state index contributed by atoms with van der Waals surface area (Å²) in [5.74, 6) is -1.89. The first-order chi connectivity index (χ1) is 9.83. The molecule has 0 fully saturated rings. The Morgan fingerprint density at radius 1 is 1.05 bits per heavy atom. The molecule has 0 aliphatic rings. The Kier molecular flexibility index (Phi) is 4.61. The maximum atomic E-state index is 13.8. The topological polar surface area (TPSA) is 60.2 Å². The highest BCUT2D eigenvalue weighted by atomic mass is 35.5. The molecular formula is C14H12ClF2NO2S. The summed E-state index contributed by atoms with van der Waals surface area (Å²) in [5.41, 5.74) is 5.97. The molecule has 21 heavy (non-hydrogen) atoms. The van der Waals surface area contributed by atoms with E-state index >= 15 is 0 Å². The Labute approximate surface area is 126 Å². The second kappa shape index (κ2) is 6.09. The number of hydrogen-bond donors (Lipinski definition) is 1. The average Bonchev–Trinajstić information content (AvgIpc) is 2.43. The maximum absolute atomic E-state index is 13.8. The second-order valence-corrected chi connectivity index (χ2v) is 6.86. The molecule has 2 N–H and O–H groups in total. The van der Waals surface area contributed by atoms with Crippen LogP contribution in [0.3, 0.4) is 0 Å². The molecule has 0 amide bonds. The molecule has 0 atom stereocenters. The third-order valence-electron chi connectivity index (χ3n) is 2.95. The Bertz CT molecular complexity index is 779. The summed E-state index contributed by atoms with van der Waals surface area (Å²) in [6.45, 7) is 0.164. The van der Waals surface area contributed by atoms with Crippen molar-refractivity contribution in [1.82, 2.24) is 0 Å². The maximum Gasteiger partial charge on any atom is 0.182 e. The van der Waals surface area contributed by atoms with Crippen molar-refractivity contribution >= 4 is 21.4 Å². The fraction of sp³-hybridized carbons (Fsp3) is 0.143. The molecule has 2 aromatic rings. The number of sulfone groups is 1. The van der Waals surface area contributed by atoms with Gasteiger partial charge in [0.15, 0.2) is 9.84 Å². The Balaban J connectivity index is 2.35. The Morgan fingerprint density at radius 2 is 1.76 bits per heavy atom. The number of hydrogen-bond acceptors (Lipinski definition) is 3. The highest BCUT2D eigenvalue weighted by molar-refractivity contribution is 7.90. The van der Waals surface area contributed by atoms with Crippen LogP contribution >= 0.6 is 11.6 Å². The lowest BCUT2D eigenvalue weighted by molar-refractivity contribution is 0.585. The third-order valence-corrected chi connectivity index (χ3v) is 4.90. The first-order valence-corrected chi connectivity index (χ1v) is 8.01. The lowest BCUT2D eigenvalue weighted by atomic mass is 10.1. The summed E-state index contributed by atoms with van der Waals surface area (Å²) in [4.78, 5) is -0.156. The number of rotatable bonds is 4. The van der Waals surface area contributed by atoms with Crippen molar-refractivity contribution in [3.05, 3.63) is 64.2 Å². The van der Waals surface area contributed by atoms with Gasteiger partial charge in [-0.05, 0) is 29.8 Å². The van der Waals surface area contributed by atoms with Gasteiger partial charge in [-0.2, -0.15) is 0 Å². The first-order valence-electron chi connectivity index (χ1n) is 5.98. The molecule has 2 rings (SSSR count). The van der Waals surface area contributed by atoms with Gasteiger partial charge in [0.1, 0.15) is 11.6 Å². The molecule has 2 aromatic carbocycles. The van der Waals surface area contributed by atoms with Crippen LogP contribution in [-0.4, -0.2) is 8.42 Å². The highest BCUT2D eigenvalue weighted by Gasteiger charge is 2.19. The van der Waals surface area contributed by atoms with E-state index in [1.54, 1.807) is 6.07 Å². The molecule has 0 spiro atoms. The summed E-state index contributed by atoms with van der Waals surface area (Å²) in [5, 5.41) is -0.296. The standard InChI is InChI=1S/C14H12ClF2NO2S/c15-12-6-11(3-4-13(12)16)21(19,20)8-10-2-1-9(7-18)5-14(10)17/h1-6H,7-8,18H2. The molecule has 0 aliphatic heterocycles. The van der Waals surface area contributed by atoms with Gasteiger partial charge in [-0.15, -0.1) is 0 Å². The van der Waals surface area contributed by atoms with Crippen molar-refractivity contribution in [2.24, 2.45) is 5.73 Å². The second-order valence-electron chi connectivity index (χ2n) is 4.46. The van der Waals surface area contributed by atoms with Gasteiger partial charge >= 0.3 is 0 Å². The molecule has 0 aliphatic carbocycles. The van der Waals surface area contributed by atoms with Crippen molar-refractivity contribution < 1.29 is 17.2 Å². The van der Waals surface area contributed by atoms with Crippen molar-refractivity contribution in [3.8, 4) is 0 Å². The molecule has 0 unspecified atom stereocenters. The summed E-state index contributed by atoms with van der Waals surface area (Å²) in [6, 6.07) is 7.21. The van der Waals surface area contributed by atoms with Crippen LogP contribution < -0.4 is 5.73 Å². The van der Waals surface area contributed by atoms with E-state index in [0.29, 0.717) is 5.56 Å². The molecule has 0 aromatic heterocycles. The molecule has 0 heterocycles. The largest absolute Gasteiger partial charge is 0.326 e. The van der Waals surface area contributed by atoms with E-state index in [1.165, 1.54) is 12.1 Å². The minimum Gasteiger partial charge on any atom is -0.326 e. The van der Waals surface area contributed by atoms with Crippen molar-refractivity contribution in [2.45, 2.75) is 17.2 Å². The molecule has 0 saturated carbocycles. The molecular weight excluding hydrogens is 320 g/mol. The molecule has 0 saturated heterocycles. The van der Waals surface area contributed by atoms with Crippen LogP contribution in [0, 0.1) is 11.6 Å². The summed E-state index contributed by atoms with van der Waals surface area (Å²) in [6.07, 6.45) is 0. The number of nitrogens with two attached hydrogens (primary N) is 1. The van der Waals surface area contributed by atoms with Gasteiger partial charge in [-0.3, -0.25) is 0 Å². The zero-order valence-corrected chi connectivity index (χ0v) is 12.4. The van der Waals surface area contributed by atoms with Crippen LogP contribution in [0.2, 0.25) is 5.02 Å². The zero-order chi connectivity index (χ0) is 15.6. The Morgan fingerprint density at radius 3 is 2.33 bits per heavy atom. The highest BCUT2D eigenvalue weighted by Crippen LogP contribution is 2.23. The van der Waals surface area contributed by atoms with Crippen molar-refractivity contribution in [2.75, 3.05) is 0 Å². The quantitative estimate of drug-likeness (QED) is 0.876. The summed E-state index contributed by atoms with van der Waals surface area (Å²) < 4.78 is 51.3. The van der Waals surface area contributed by atoms with Crippen LogP contribution in [-0.2, 0) is 22.1 Å². The van der Waals surface area contributed by atoms with Crippen molar-refractivity contribution in [3.63, 3.8) is 0 Å². The normalized spacial score (nSPS) is 11.6. The van der Waals surface area contributed by atoms with E-state index in [-0.39, 0.29) is 22.0 Å². The lowest BCUT2D eigenvalue weighted by Crippen LogP contribution is -2.07. The van der Waals surface area contributed by atoms with E-state index < -0.39 is 27.2 Å². The van der Waals surface area contributed by atoms with Gasteiger partial charge in [0, 0.05) is 12.1 Å². The predicted octanol–water partition coefficient (Wildman–Crippen LogP) is 3.05. The summed E-state index contributed by atoms with van der Waals surface area (Å²) in [7, 11) is -3.82.